The molecule has 0 fully saturated rings. The van der Waals surface area contributed by atoms with Gasteiger partial charge in [0.15, 0.2) is 0 Å². The molecule has 16 heavy (non-hydrogen) atoms. The highest BCUT2D eigenvalue weighted by Gasteiger charge is 2.13. The topological polar surface area (TPSA) is 56.0 Å². The van der Waals surface area contributed by atoms with Crippen LogP contribution < -0.4 is 5.73 Å². The summed E-state index contributed by atoms with van der Waals surface area (Å²) in [6, 6.07) is 8.69. The number of benzene rings is 1. The first kappa shape index (κ1) is 10.3. The van der Waals surface area contributed by atoms with Crippen molar-refractivity contribution in [2.24, 2.45) is 0 Å². The number of carbonyl (C=O) groups is 1. The summed E-state index contributed by atoms with van der Waals surface area (Å²) in [6.07, 6.45) is 1.52. The maximum absolute atomic E-state index is 12.8. The van der Waals surface area contributed by atoms with Crippen LogP contribution in [-0.2, 0) is 0 Å². The van der Waals surface area contributed by atoms with E-state index in [0.717, 1.165) is 6.07 Å². The largest absolute Gasteiger partial charge is 0.398 e. The number of aromatic nitrogens is 1. The van der Waals surface area contributed by atoms with Crippen molar-refractivity contribution >= 4 is 11.5 Å². The lowest BCUT2D eigenvalue weighted by molar-refractivity contribution is 0.103. The van der Waals surface area contributed by atoms with E-state index in [4.69, 9.17) is 5.73 Å². The van der Waals surface area contributed by atoms with E-state index in [2.05, 4.69) is 4.98 Å². The first-order valence-electron chi connectivity index (χ1n) is 4.69. The number of nitrogen functional groups attached to an aromatic ring is 1. The van der Waals surface area contributed by atoms with Gasteiger partial charge in [-0.1, -0.05) is 6.07 Å². The SMILES string of the molecule is Nc1cc(F)ccc1C(=O)c1ccccn1. The van der Waals surface area contributed by atoms with Crippen molar-refractivity contribution in [2.45, 2.75) is 0 Å². The molecule has 0 saturated carbocycles. The number of halogens is 1. The fourth-order valence-electron chi connectivity index (χ4n) is 1.38. The van der Waals surface area contributed by atoms with Gasteiger partial charge in [-0.05, 0) is 30.3 Å². The number of nitrogens with zero attached hydrogens (tertiary/aromatic N) is 1. The normalized spacial score (nSPS) is 10.1. The van der Waals surface area contributed by atoms with E-state index in [0.29, 0.717) is 5.69 Å². The predicted octanol–water partition coefficient (Wildman–Crippen LogP) is 2.03. The van der Waals surface area contributed by atoms with Gasteiger partial charge in [0.2, 0.25) is 5.78 Å². The van der Waals surface area contributed by atoms with Crippen molar-refractivity contribution in [1.29, 1.82) is 0 Å². The summed E-state index contributed by atoms with van der Waals surface area (Å²) in [4.78, 5) is 15.8. The van der Waals surface area contributed by atoms with E-state index in [1.54, 1.807) is 18.2 Å². The zero-order chi connectivity index (χ0) is 11.5. The predicted molar refractivity (Wildman–Crippen MR) is 58.5 cm³/mol. The van der Waals surface area contributed by atoms with Gasteiger partial charge < -0.3 is 5.73 Å². The molecule has 0 aliphatic carbocycles. The average molecular weight is 216 g/mol. The summed E-state index contributed by atoms with van der Waals surface area (Å²) in [7, 11) is 0. The molecule has 3 nitrogen and oxygen atoms in total. The fourth-order valence-corrected chi connectivity index (χ4v) is 1.38. The summed E-state index contributed by atoms with van der Waals surface area (Å²) in [5.74, 6) is -0.770. The van der Waals surface area contributed by atoms with Crippen molar-refractivity contribution in [2.75, 3.05) is 5.73 Å². The van der Waals surface area contributed by atoms with Crippen LogP contribution in [0, 0.1) is 5.82 Å². The summed E-state index contributed by atoms with van der Waals surface area (Å²) >= 11 is 0. The molecular formula is C12H9FN2O. The van der Waals surface area contributed by atoms with Crippen molar-refractivity contribution in [3.8, 4) is 0 Å². The lowest BCUT2D eigenvalue weighted by atomic mass is 10.1. The number of hydrogen-bond donors (Lipinski definition) is 1. The Hall–Kier alpha value is -2.23. The molecule has 2 aromatic rings. The molecule has 4 heteroatoms. The highest BCUT2D eigenvalue weighted by Crippen LogP contribution is 2.16. The first-order valence-corrected chi connectivity index (χ1v) is 4.69. The van der Waals surface area contributed by atoms with Crippen LogP contribution in [-0.4, -0.2) is 10.8 Å². The molecule has 0 aliphatic rings. The Bertz CT molecular complexity index is 526. The Morgan fingerprint density at radius 2 is 2.06 bits per heavy atom. The molecule has 0 atom stereocenters. The van der Waals surface area contributed by atoms with E-state index in [1.165, 1.54) is 18.3 Å². The zero-order valence-electron chi connectivity index (χ0n) is 8.35. The van der Waals surface area contributed by atoms with E-state index < -0.39 is 5.82 Å². The van der Waals surface area contributed by atoms with Crippen LogP contribution >= 0.6 is 0 Å². The van der Waals surface area contributed by atoms with Gasteiger partial charge in [0.25, 0.3) is 0 Å². The third-order valence-electron chi connectivity index (χ3n) is 2.16. The van der Waals surface area contributed by atoms with Crippen molar-refractivity contribution in [3.63, 3.8) is 0 Å². The molecule has 1 heterocycles. The van der Waals surface area contributed by atoms with Crippen LogP contribution in [0.5, 0.6) is 0 Å². The molecule has 0 radical (unpaired) electrons. The van der Waals surface area contributed by atoms with E-state index in [1.807, 2.05) is 0 Å². The zero-order valence-corrected chi connectivity index (χ0v) is 8.35. The molecule has 2 N–H and O–H groups in total. The highest BCUT2D eigenvalue weighted by atomic mass is 19.1. The Morgan fingerprint density at radius 3 is 2.69 bits per heavy atom. The Labute approximate surface area is 91.7 Å². The van der Waals surface area contributed by atoms with Crippen LogP contribution in [0.25, 0.3) is 0 Å². The van der Waals surface area contributed by atoms with E-state index in [-0.39, 0.29) is 17.0 Å². The van der Waals surface area contributed by atoms with E-state index in [9.17, 15) is 9.18 Å². The third kappa shape index (κ3) is 1.91. The van der Waals surface area contributed by atoms with Gasteiger partial charge in [-0.3, -0.25) is 9.78 Å². The molecule has 0 bridgehead atoms. The Morgan fingerprint density at radius 1 is 1.25 bits per heavy atom. The van der Waals surface area contributed by atoms with Crippen molar-refractivity contribution < 1.29 is 9.18 Å². The van der Waals surface area contributed by atoms with Crippen molar-refractivity contribution in [1.82, 2.24) is 4.98 Å². The van der Waals surface area contributed by atoms with Crippen molar-refractivity contribution in [3.05, 3.63) is 59.7 Å². The van der Waals surface area contributed by atoms with Crippen LogP contribution in [0.1, 0.15) is 16.1 Å². The monoisotopic (exact) mass is 216 g/mol. The number of nitrogens with two attached hydrogens (primary N) is 1. The minimum atomic E-state index is -0.463. The maximum atomic E-state index is 12.8. The van der Waals surface area contributed by atoms with Gasteiger partial charge in [-0.15, -0.1) is 0 Å². The van der Waals surface area contributed by atoms with Gasteiger partial charge in [0.05, 0.1) is 0 Å². The molecule has 80 valence electrons. The Kier molecular flexibility index (Phi) is 2.64. The summed E-state index contributed by atoms with van der Waals surface area (Å²) in [5.41, 5.74) is 6.25. The molecule has 0 unspecified atom stereocenters. The molecular weight excluding hydrogens is 207 g/mol. The fraction of sp³-hybridized carbons (Fsp3) is 0. The second-order valence-electron chi connectivity index (χ2n) is 3.28. The second kappa shape index (κ2) is 4.10. The summed E-state index contributed by atoms with van der Waals surface area (Å²) in [6.45, 7) is 0. The van der Waals surface area contributed by atoms with Gasteiger partial charge in [-0.25, -0.2) is 4.39 Å². The number of pyridine rings is 1. The lowest BCUT2D eigenvalue weighted by Crippen LogP contribution is -2.07. The molecule has 0 spiro atoms. The standard InChI is InChI=1S/C12H9FN2O/c13-8-4-5-9(10(14)7-8)12(16)11-3-1-2-6-15-11/h1-7H,14H2. The van der Waals surface area contributed by atoms with Crippen LogP contribution in [0.4, 0.5) is 10.1 Å². The summed E-state index contributed by atoms with van der Waals surface area (Å²) in [5, 5.41) is 0. The molecule has 0 amide bonds. The maximum Gasteiger partial charge on any atom is 0.213 e. The number of carbonyl (C=O) groups excluding carboxylic acids is 1. The molecule has 1 aromatic heterocycles. The van der Waals surface area contributed by atoms with Gasteiger partial charge in [-0.2, -0.15) is 0 Å². The van der Waals surface area contributed by atoms with Crippen LogP contribution in [0.2, 0.25) is 0 Å². The number of ketones is 1. The first-order chi connectivity index (χ1) is 7.68. The lowest BCUT2D eigenvalue weighted by Gasteiger charge is -2.03. The number of rotatable bonds is 2. The summed E-state index contributed by atoms with van der Waals surface area (Å²) < 4.78 is 12.8. The average Bonchev–Trinajstić information content (AvgIpc) is 2.29. The minimum absolute atomic E-state index is 0.121. The van der Waals surface area contributed by atoms with Gasteiger partial charge >= 0.3 is 0 Å². The molecule has 1 aromatic carbocycles. The number of anilines is 1. The second-order valence-corrected chi connectivity index (χ2v) is 3.28. The number of hydrogen-bond acceptors (Lipinski definition) is 3. The van der Waals surface area contributed by atoms with Gasteiger partial charge in [0, 0.05) is 17.4 Å². The molecule has 0 saturated heterocycles. The third-order valence-corrected chi connectivity index (χ3v) is 2.16. The van der Waals surface area contributed by atoms with Crippen LogP contribution in [0.3, 0.4) is 0 Å². The van der Waals surface area contributed by atoms with Crippen LogP contribution in [0.15, 0.2) is 42.6 Å². The van der Waals surface area contributed by atoms with Gasteiger partial charge in [0.1, 0.15) is 11.5 Å². The quantitative estimate of drug-likeness (QED) is 0.617. The van der Waals surface area contributed by atoms with E-state index >= 15 is 0 Å². The molecule has 0 aliphatic heterocycles. The molecule has 2 rings (SSSR count). The Balaban J connectivity index is 2.42. The smallest absolute Gasteiger partial charge is 0.213 e. The highest BCUT2D eigenvalue weighted by molar-refractivity contribution is 6.10. The minimum Gasteiger partial charge on any atom is -0.398 e.